The Hall–Kier alpha value is -3.76. The maximum Gasteiger partial charge on any atom is 0.435 e. The number of halogens is 4. The summed E-state index contributed by atoms with van der Waals surface area (Å²) in [5.74, 6) is -2.25. The van der Waals surface area contributed by atoms with Crippen molar-refractivity contribution in [3.63, 3.8) is 0 Å². The molecule has 0 unspecified atom stereocenters. The number of carbonyl (C=O) groups is 2. The van der Waals surface area contributed by atoms with E-state index < -0.39 is 29.3 Å². The Bertz CT molecular complexity index is 1080. The van der Waals surface area contributed by atoms with Crippen LogP contribution in [-0.4, -0.2) is 33.4 Å². The Balaban J connectivity index is 1.90. The Kier molecular flexibility index (Phi) is 5.81. The van der Waals surface area contributed by atoms with Crippen LogP contribution in [0, 0.1) is 5.82 Å². The highest BCUT2D eigenvalue weighted by molar-refractivity contribution is 6.04. The minimum absolute atomic E-state index is 0.154. The van der Waals surface area contributed by atoms with E-state index in [2.05, 4.69) is 20.9 Å². The predicted octanol–water partition coefficient (Wildman–Crippen LogP) is 3.43. The van der Waals surface area contributed by atoms with Gasteiger partial charge >= 0.3 is 6.18 Å². The molecule has 2 amide bonds. The van der Waals surface area contributed by atoms with Gasteiger partial charge in [-0.2, -0.15) is 13.2 Å². The summed E-state index contributed by atoms with van der Waals surface area (Å²) in [7, 11) is 0. The molecule has 11 heteroatoms. The van der Waals surface area contributed by atoms with Gasteiger partial charge in [0.15, 0.2) is 11.4 Å². The van der Waals surface area contributed by atoms with E-state index in [1.807, 2.05) is 0 Å². The van der Waals surface area contributed by atoms with Crippen LogP contribution in [0.1, 0.15) is 33.5 Å². The fourth-order valence-corrected chi connectivity index (χ4v) is 2.64. The summed E-state index contributed by atoms with van der Waals surface area (Å²) in [6.07, 6.45) is -4.98. The van der Waals surface area contributed by atoms with Gasteiger partial charge in [-0.15, -0.1) is 5.10 Å². The van der Waals surface area contributed by atoms with Gasteiger partial charge in [-0.25, -0.2) is 9.07 Å². The molecule has 0 saturated carbocycles. The third-order valence-electron chi connectivity index (χ3n) is 3.95. The van der Waals surface area contributed by atoms with Crippen molar-refractivity contribution in [1.82, 2.24) is 20.3 Å². The minimum atomic E-state index is -4.98. The summed E-state index contributed by atoms with van der Waals surface area (Å²) in [6, 6.07) is 9.87. The molecule has 1 aromatic heterocycles. The van der Waals surface area contributed by atoms with Crippen molar-refractivity contribution in [1.29, 1.82) is 0 Å². The van der Waals surface area contributed by atoms with Crippen molar-refractivity contribution in [2.75, 3.05) is 11.9 Å². The van der Waals surface area contributed by atoms with Crippen LogP contribution in [0.3, 0.4) is 0 Å². The molecule has 0 aliphatic heterocycles. The lowest BCUT2D eigenvalue weighted by molar-refractivity contribution is -0.143. The van der Waals surface area contributed by atoms with E-state index in [0.717, 1.165) is 12.1 Å². The molecular weight excluding hydrogens is 406 g/mol. The van der Waals surface area contributed by atoms with Crippen LogP contribution in [0.2, 0.25) is 0 Å². The second-order valence-electron chi connectivity index (χ2n) is 6.07. The first-order valence-electron chi connectivity index (χ1n) is 8.69. The van der Waals surface area contributed by atoms with Crippen molar-refractivity contribution >= 4 is 17.5 Å². The number of hydrogen-bond donors (Lipinski definition) is 2. The van der Waals surface area contributed by atoms with Crippen LogP contribution in [0.25, 0.3) is 5.69 Å². The van der Waals surface area contributed by atoms with Gasteiger partial charge in [0.1, 0.15) is 5.82 Å². The van der Waals surface area contributed by atoms with E-state index in [9.17, 15) is 27.2 Å². The van der Waals surface area contributed by atoms with Gasteiger partial charge < -0.3 is 10.6 Å². The first kappa shape index (κ1) is 21.0. The van der Waals surface area contributed by atoms with Crippen molar-refractivity contribution < 1.29 is 27.2 Å². The van der Waals surface area contributed by atoms with Gasteiger partial charge in [-0.3, -0.25) is 9.59 Å². The van der Waals surface area contributed by atoms with Gasteiger partial charge in [0.2, 0.25) is 0 Å². The lowest BCUT2D eigenvalue weighted by Gasteiger charge is -2.11. The zero-order chi connectivity index (χ0) is 21.9. The number of nitrogens with zero attached hydrogens (tertiary/aromatic N) is 3. The molecule has 7 nitrogen and oxygen atoms in total. The molecule has 2 N–H and O–H groups in total. The van der Waals surface area contributed by atoms with Crippen molar-refractivity contribution in [3.05, 3.63) is 71.3 Å². The summed E-state index contributed by atoms with van der Waals surface area (Å²) < 4.78 is 54.6. The number of rotatable bonds is 5. The average Bonchev–Trinajstić information content (AvgIpc) is 3.15. The molecule has 0 saturated heterocycles. The van der Waals surface area contributed by atoms with E-state index in [0.29, 0.717) is 16.8 Å². The Labute approximate surface area is 167 Å². The lowest BCUT2D eigenvalue weighted by Crippen LogP contribution is -2.23. The number of amides is 2. The SMILES string of the molecule is CCNC(=O)c1ccc(NC(=O)c2nnn(-c3cccc(F)c3)c2C(F)(F)F)cc1. The summed E-state index contributed by atoms with van der Waals surface area (Å²) in [4.78, 5) is 24.2. The fourth-order valence-electron chi connectivity index (χ4n) is 2.64. The van der Waals surface area contributed by atoms with Crippen molar-refractivity contribution in [3.8, 4) is 5.69 Å². The number of carbonyl (C=O) groups excluding carboxylic acids is 2. The summed E-state index contributed by atoms with van der Waals surface area (Å²) in [6.45, 7) is 2.18. The molecule has 0 atom stereocenters. The molecule has 30 heavy (non-hydrogen) atoms. The molecule has 0 aliphatic rings. The number of aromatic nitrogens is 3. The number of alkyl halides is 3. The molecule has 3 rings (SSSR count). The molecular formula is C19H15F4N5O2. The highest BCUT2D eigenvalue weighted by Crippen LogP contribution is 2.33. The first-order chi connectivity index (χ1) is 14.2. The largest absolute Gasteiger partial charge is 0.435 e. The third kappa shape index (κ3) is 4.45. The smallest absolute Gasteiger partial charge is 0.352 e. The van der Waals surface area contributed by atoms with Crippen molar-refractivity contribution in [2.24, 2.45) is 0 Å². The monoisotopic (exact) mass is 421 g/mol. The van der Waals surface area contributed by atoms with Crippen LogP contribution < -0.4 is 10.6 Å². The average molecular weight is 421 g/mol. The Morgan fingerprint density at radius 3 is 2.37 bits per heavy atom. The van der Waals surface area contributed by atoms with E-state index in [4.69, 9.17) is 0 Å². The van der Waals surface area contributed by atoms with Crippen LogP contribution in [0.4, 0.5) is 23.2 Å². The lowest BCUT2D eigenvalue weighted by atomic mass is 10.2. The number of anilines is 1. The molecule has 0 fully saturated rings. The predicted molar refractivity (Wildman–Crippen MR) is 98.7 cm³/mol. The van der Waals surface area contributed by atoms with Gasteiger partial charge in [0.25, 0.3) is 11.8 Å². The molecule has 0 spiro atoms. The summed E-state index contributed by atoms with van der Waals surface area (Å²) >= 11 is 0. The zero-order valence-corrected chi connectivity index (χ0v) is 15.5. The maximum absolute atomic E-state index is 13.6. The fraction of sp³-hybridized carbons (Fsp3) is 0.158. The summed E-state index contributed by atoms with van der Waals surface area (Å²) in [5.41, 5.74) is -2.17. The highest BCUT2D eigenvalue weighted by atomic mass is 19.4. The van der Waals surface area contributed by atoms with Crippen molar-refractivity contribution in [2.45, 2.75) is 13.1 Å². The second-order valence-corrected chi connectivity index (χ2v) is 6.07. The Morgan fingerprint density at radius 2 is 1.77 bits per heavy atom. The van der Waals surface area contributed by atoms with Crippen LogP contribution >= 0.6 is 0 Å². The molecule has 2 aromatic carbocycles. The molecule has 0 aliphatic carbocycles. The van der Waals surface area contributed by atoms with Crippen LogP contribution in [0.5, 0.6) is 0 Å². The van der Waals surface area contributed by atoms with E-state index in [1.165, 1.54) is 36.4 Å². The molecule has 1 heterocycles. The summed E-state index contributed by atoms with van der Waals surface area (Å²) in [5, 5.41) is 11.6. The molecule has 156 valence electrons. The van der Waals surface area contributed by atoms with E-state index in [-0.39, 0.29) is 17.3 Å². The quantitative estimate of drug-likeness (QED) is 0.618. The topological polar surface area (TPSA) is 88.9 Å². The second kappa shape index (κ2) is 8.31. The Morgan fingerprint density at radius 1 is 1.07 bits per heavy atom. The molecule has 0 bridgehead atoms. The number of hydrogen-bond acceptors (Lipinski definition) is 4. The molecule has 3 aromatic rings. The zero-order valence-electron chi connectivity index (χ0n) is 15.5. The van der Waals surface area contributed by atoms with Gasteiger partial charge in [0.05, 0.1) is 5.69 Å². The molecule has 0 radical (unpaired) electrons. The van der Waals surface area contributed by atoms with E-state index >= 15 is 0 Å². The van der Waals surface area contributed by atoms with Crippen LogP contribution in [0.15, 0.2) is 48.5 Å². The highest BCUT2D eigenvalue weighted by Gasteiger charge is 2.42. The van der Waals surface area contributed by atoms with E-state index in [1.54, 1.807) is 6.92 Å². The number of nitrogens with one attached hydrogen (secondary N) is 2. The van der Waals surface area contributed by atoms with Gasteiger partial charge in [-0.1, -0.05) is 11.3 Å². The normalized spacial score (nSPS) is 11.2. The first-order valence-corrected chi connectivity index (χ1v) is 8.69. The number of benzene rings is 2. The third-order valence-corrected chi connectivity index (χ3v) is 3.95. The van der Waals surface area contributed by atoms with Gasteiger partial charge in [0, 0.05) is 17.8 Å². The standard InChI is InChI=1S/C19H15F4N5O2/c1-2-24-17(29)11-6-8-13(9-7-11)25-18(30)15-16(19(21,22)23)28(27-26-15)14-5-3-4-12(20)10-14/h3-10H,2H2,1H3,(H,24,29)(H,25,30). The van der Waals surface area contributed by atoms with Gasteiger partial charge in [-0.05, 0) is 49.4 Å². The minimum Gasteiger partial charge on any atom is -0.352 e. The maximum atomic E-state index is 13.6. The van der Waals surface area contributed by atoms with Crippen LogP contribution in [-0.2, 0) is 6.18 Å².